The number of carbonyl (C=O) groups is 3. The van der Waals surface area contributed by atoms with Crippen LogP contribution in [-0.2, 0) is 19.7 Å². The van der Waals surface area contributed by atoms with Crippen LogP contribution in [0.2, 0.25) is 16.6 Å². The second kappa shape index (κ2) is 12.8. The number of carbonyl (C=O) groups excluding carboxylic acids is 3. The number of ether oxygens (including phenoxy) is 1. The van der Waals surface area contributed by atoms with Gasteiger partial charge in [-0.3, -0.25) is 14.5 Å². The van der Waals surface area contributed by atoms with Gasteiger partial charge in [0.05, 0.1) is 6.04 Å². The van der Waals surface area contributed by atoms with E-state index in [4.69, 9.17) is 4.74 Å². The van der Waals surface area contributed by atoms with E-state index < -0.39 is 20.2 Å². The minimum absolute atomic E-state index is 0.0260. The molecule has 40 heavy (non-hydrogen) atoms. The summed E-state index contributed by atoms with van der Waals surface area (Å²) in [4.78, 5) is 41.8. The van der Waals surface area contributed by atoms with Gasteiger partial charge in [0.2, 0.25) is 0 Å². The standard InChI is InChI=1S/C34H53NO4Si/c1-22(2)40(23(3)4,24(5)6)32-21-35(28(19-26(8)36)20-30(32)37)33(38)39-31-18-25(7)16-17-29(31)34(9,10)27-14-12-11-13-15-27/h11-15,21-25,28-29,31H,16-20H2,1-10H3/t25-,28-,29-,31-/m1/s1. The van der Waals surface area contributed by atoms with Crippen LogP contribution in [0.1, 0.15) is 107 Å². The molecule has 0 N–H and O–H groups in total. The quantitative estimate of drug-likeness (QED) is 0.280. The van der Waals surface area contributed by atoms with E-state index in [1.54, 1.807) is 4.90 Å². The van der Waals surface area contributed by atoms with Gasteiger partial charge in [-0.15, -0.1) is 0 Å². The minimum Gasteiger partial charge on any atom is -0.446 e. The third-order valence-corrected chi connectivity index (χ3v) is 17.3. The lowest BCUT2D eigenvalue weighted by atomic mass is 9.64. The number of amides is 1. The Kier molecular flexibility index (Phi) is 10.3. The van der Waals surface area contributed by atoms with Crippen LogP contribution in [0.15, 0.2) is 41.7 Å². The van der Waals surface area contributed by atoms with Crippen LogP contribution < -0.4 is 0 Å². The first-order valence-corrected chi connectivity index (χ1v) is 17.7. The zero-order valence-corrected chi connectivity index (χ0v) is 27.6. The predicted octanol–water partition coefficient (Wildman–Crippen LogP) is 8.63. The van der Waals surface area contributed by atoms with Gasteiger partial charge in [0.1, 0.15) is 20.0 Å². The summed E-state index contributed by atoms with van der Waals surface area (Å²) in [6.07, 6.45) is 4.43. The molecule has 0 saturated heterocycles. The van der Waals surface area contributed by atoms with Crippen LogP contribution in [0, 0.1) is 11.8 Å². The fourth-order valence-corrected chi connectivity index (χ4v) is 15.1. The molecule has 6 heteroatoms. The molecular weight excluding hydrogens is 514 g/mol. The Morgan fingerprint density at radius 3 is 2.10 bits per heavy atom. The molecule has 1 aromatic carbocycles. The number of hydrogen-bond donors (Lipinski definition) is 0. The summed E-state index contributed by atoms with van der Waals surface area (Å²) >= 11 is 0. The van der Waals surface area contributed by atoms with E-state index in [9.17, 15) is 14.4 Å². The van der Waals surface area contributed by atoms with Gasteiger partial charge in [-0.25, -0.2) is 4.79 Å². The van der Waals surface area contributed by atoms with E-state index in [1.807, 2.05) is 12.3 Å². The lowest BCUT2D eigenvalue weighted by molar-refractivity contribution is -0.119. The summed E-state index contributed by atoms with van der Waals surface area (Å²) in [5, 5.41) is 0.836. The molecule has 1 saturated carbocycles. The Bertz CT molecular complexity index is 1070. The highest BCUT2D eigenvalue weighted by molar-refractivity contribution is 6.93. The normalized spacial score (nSPS) is 24.5. The average molecular weight is 568 g/mol. The summed E-state index contributed by atoms with van der Waals surface area (Å²) in [7, 11) is -2.32. The Hall–Kier alpha value is -2.21. The molecule has 0 spiro atoms. The van der Waals surface area contributed by atoms with Crippen LogP contribution in [0.3, 0.4) is 0 Å². The number of rotatable bonds is 9. The lowest BCUT2D eigenvalue weighted by Crippen LogP contribution is -2.54. The Morgan fingerprint density at radius 1 is 1.00 bits per heavy atom. The largest absolute Gasteiger partial charge is 0.446 e. The van der Waals surface area contributed by atoms with Gasteiger partial charge >= 0.3 is 6.09 Å². The molecule has 1 amide bonds. The maximum Gasteiger partial charge on any atom is 0.414 e. The van der Waals surface area contributed by atoms with Gasteiger partial charge in [0, 0.05) is 25.0 Å². The Morgan fingerprint density at radius 2 is 1.57 bits per heavy atom. The predicted molar refractivity (Wildman–Crippen MR) is 166 cm³/mol. The number of benzene rings is 1. The van der Waals surface area contributed by atoms with Crippen molar-refractivity contribution in [2.75, 3.05) is 0 Å². The van der Waals surface area contributed by atoms with Crippen molar-refractivity contribution < 1.29 is 19.1 Å². The highest BCUT2D eigenvalue weighted by Crippen LogP contribution is 2.49. The van der Waals surface area contributed by atoms with E-state index in [0.29, 0.717) is 22.5 Å². The molecule has 1 aliphatic heterocycles. The third-order valence-electron chi connectivity index (χ3n) is 10.2. The second-order valence-corrected chi connectivity index (χ2v) is 19.9. The zero-order valence-electron chi connectivity index (χ0n) is 26.6. The molecule has 222 valence electrons. The lowest BCUT2D eigenvalue weighted by Gasteiger charge is -2.47. The summed E-state index contributed by atoms with van der Waals surface area (Å²) in [6.45, 7) is 21.6. The fourth-order valence-electron chi connectivity index (χ4n) is 8.29. The Labute approximate surface area is 244 Å². The van der Waals surface area contributed by atoms with E-state index in [1.165, 1.54) is 12.5 Å². The molecule has 1 heterocycles. The highest BCUT2D eigenvalue weighted by Gasteiger charge is 2.51. The van der Waals surface area contributed by atoms with Gasteiger partial charge < -0.3 is 4.74 Å². The van der Waals surface area contributed by atoms with Crippen LogP contribution >= 0.6 is 0 Å². The SMILES string of the molecule is CC(=O)C[C@@H]1CC(=O)C([Si](C(C)C)(C(C)C)C(C)C)=CN1C(=O)O[C@@H]1C[C@H](C)CC[C@H]1C(C)(C)c1ccccc1. The minimum atomic E-state index is -2.32. The van der Waals surface area contributed by atoms with Crippen LogP contribution in [0.4, 0.5) is 4.79 Å². The molecule has 1 aliphatic carbocycles. The first-order chi connectivity index (χ1) is 18.6. The zero-order chi connectivity index (χ0) is 30.0. The van der Waals surface area contributed by atoms with E-state index in [2.05, 4.69) is 86.6 Å². The maximum atomic E-state index is 14.1. The number of Topliss-reactive ketones (excluding diaryl/α,β-unsaturated/α-hetero) is 2. The molecule has 5 nitrogen and oxygen atoms in total. The van der Waals surface area contributed by atoms with Gasteiger partial charge in [0.25, 0.3) is 0 Å². The molecule has 2 aliphatic rings. The van der Waals surface area contributed by atoms with E-state index >= 15 is 0 Å². The molecule has 0 bridgehead atoms. The molecular formula is C34H53NO4Si. The maximum absolute atomic E-state index is 14.1. The van der Waals surface area contributed by atoms with Gasteiger partial charge in [0.15, 0.2) is 5.78 Å². The summed E-state index contributed by atoms with van der Waals surface area (Å²) in [5.41, 5.74) is 2.08. The van der Waals surface area contributed by atoms with Crippen molar-refractivity contribution >= 4 is 25.7 Å². The number of allylic oxidation sites excluding steroid dienone is 1. The van der Waals surface area contributed by atoms with Gasteiger partial charge in [-0.05, 0) is 58.5 Å². The van der Waals surface area contributed by atoms with Gasteiger partial charge in [-0.2, -0.15) is 0 Å². The molecule has 1 fully saturated rings. The number of hydrogen-bond acceptors (Lipinski definition) is 4. The second-order valence-electron chi connectivity index (χ2n) is 14.1. The summed E-state index contributed by atoms with van der Waals surface area (Å²) in [5.74, 6) is 0.714. The molecule has 0 unspecified atom stereocenters. The smallest absolute Gasteiger partial charge is 0.414 e. The van der Waals surface area contributed by atoms with Crippen molar-refractivity contribution in [3.05, 3.63) is 47.3 Å². The van der Waals surface area contributed by atoms with Crippen molar-refractivity contribution in [2.45, 2.75) is 136 Å². The monoisotopic (exact) mass is 567 g/mol. The highest BCUT2D eigenvalue weighted by atomic mass is 28.3. The van der Waals surface area contributed by atoms with Crippen molar-refractivity contribution in [1.29, 1.82) is 0 Å². The van der Waals surface area contributed by atoms with E-state index in [0.717, 1.165) is 24.5 Å². The average Bonchev–Trinajstić information content (AvgIpc) is 2.85. The molecule has 1 aromatic rings. The van der Waals surface area contributed by atoms with E-state index in [-0.39, 0.29) is 41.8 Å². The van der Waals surface area contributed by atoms with Crippen molar-refractivity contribution in [3.63, 3.8) is 0 Å². The molecule has 0 radical (unpaired) electrons. The van der Waals surface area contributed by atoms with Crippen molar-refractivity contribution in [3.8, 4) is 0 Å². The number of ketones is 2. The van der Waals surface area contributed by atoms with Crippen LogP contribution in [-0.4, -0.2) is 42.8 Å². The fraction of sp³-hybridized carbons (Fsp3) is 0.676. The van der Waals surface area contributed by atoms with Crippen molar-refractivity contribution in [1.82, 2.24) is 4.90 Å². The number of nitrogens with zero attached hydrogens (tertiary/aromatic N) is 1. The first kappa shape index (κ1) is 32.3. The van der Waals surface area contributed by atoms with Crippen molar-refractivity contribution in [2.24, 2.45) is 11.8 Å². The summed E-state index contributed by atoms with van der Waals surface area (Å²) < 4.78 is 6.45. The summed E-state index contributed by atoms with van der Waals surface area (Å²) in [6, 6.07) is 10.0. The molecule has 0 aromatic heterocycles. The first-order valence-electron chi connectivity index (χ1n) is 15.4. The Balaban J connectivity index is 2.03. The van der Waals surface area contributed by atoms with Gasteiger partial charge in [-0.1, -0.05) is 99.1 Å². The van der Waals surface area contributed by atoms with Crippen LogP contribution in [0.25, 0.3) is 0 Å². The van der Waals surface area contributed by atoms with Crippen LogP contribution in [0.5, 0.6) is 0 Å². The molecule has 4 atom stereocenters. The third kappa shape index (κ3) is 6.32. The topological polar surface area (TPSA) is 63.7 Å². The molecule has 3 rings (SSSR count).